The van der Waals surface area contributed by atoms with E-state index in [1.807, 2.05) is 44.2 Å². The second-order valence-electron chi connectivity index (χ2n) is 12.4. The van der Waals surface area contributed by atoms with Crippen LogP contribution >= 0.6 is 0 Å². The summed E-state index contributed by atoms with van der Waals surface area (Å²) in [6.07, 6.45) is 0.843. The van der Waals surface area contributed by atoms with Gasteiger partial charge in [0.15, 0.2) is 0 Å². The Balaban J connectivity index is 1.58. The van der Waals surface area contributed by atoms with Crippen molar-refractivity contribution < 1.29 is 33.1 Å². The first-order valence-electron chi connectivity index (χ1n) is 16.5. The van der Waals surface area contributed by atoms with Gasteiger partial charge >= 0.3 is 0 Å². The van der Waals surface area contributed by atoms with Crippen molar-refractivity contribution >= 4 is 29.5 Å². The Morgan fingerprint density at radius 2 is 1.57 bits per heavy atom. The fourth-order valence-corrected chi connectivity index (χ4v) is 5.39. The SMILES string of the molecule is CC(C)C[C@@H]1NC(=O)C[C@@H](C(=O)NCCc2ccc(F)cc2)NC(=O)c2ccccc2OCCCNC(=O)[C@H](Cc2ccccc2)NC1=O. The number of benzene rings is 3. The highest BCUT2D eigenvalue weighted by atomic mass is 19.1. The lowest BCUT2D eigenvalue weighted by atomic mass is 10.0. The van der Waals surface area contributed by atoms with Crippen molar-refractivity contribution in [2.24, 2.45) is 5.92 Å². The highest BCUT2D eigenvalue weighted by Crippen LogP contribution is 2.19. The largest absolute Gasteiger partial charge is 0.493 e. The fraction of sp³-hybridized carbons (Fsp3) is 0.378. The molecule has 260 valence electrons. The summed E-state index contributed by atoms with van der Waals surface area (Å²) in [6, 6.07) is 18.5. The number of nitrogens with one attached hydrogen (secondary N) is 5. The molecule has 0 radical (unpaired) electrons. The molecule has 1 aliphatic heterocycles. The van der Waals surface area contributed by atoms with E-state index in [1.165, 1.54) is 12.1 Å². The second-order valence-corrected chi connectivity index (χ2v) is 12.4. The van der Waals surface area contributed by atoms with Gasteiger partial charge in [-0.25, -0.2) is 4.39 Å². The van der Waals surface area contributed by atoms with Gasteiger partial charge in [-0.3, -0.25) is 24.0 Å². The molecule has 3 aromatic carbocycles. The van der Waals surface area contributed by atoms with Crippen LogP contribution in [0.25, 0.3) is 0 Å². The standard InChI is InChI=1S/C37H44FN5O6/c1-24(2)21-29-37(48)43-30(22-26-9-4-3-5-10-26)35(46)39-18-8-20-49-32-12-7-6-11-28(32)34(45)42-31(23-33(44)41-29)36(47)40-19-17-25-13-15-27(38)16-14-25/h3-7,9-16,24,29-31H,8,17-23H2,1-2H3,(H,39,46)(H,40,47)(H,41,44)(H,42,45)(H,43,48)/t29-,30-,31-/m0/s1. The molecule has 49 heavy (non-hydrogen) atoms. The zero-order valence-electron chi connectivity index (χ0n) is 27.8. The molecule has 4 rings (SSSR count). The first kappa shape index (κ1) is 36.6. The van der Waals surface area contributed by atoms with Crippen LogP contribution in [0.2, 0.25) is 0 Å². The highest BCUT2D eigenvalue weighted by Gasteiger charge is 2.31. The van der Waals surface area contributed by atoms with Crippen LogP contribution in [0, 0.1) is 11.7 Å². The molecule has 0 unspecified atom stereocenters. The molecule has 1 aliphatic rings. The summed E-state index contributed by atoms with van der Waals surface area (Å²) in [4.78, 5) is 67.4. The molecule has 0 aliphatic carbocycles. The molecule has 0 aromatic heterocycles. The summed E-state index contributed by atoms with van der Waals surface area (Å²) < 4.78 is 19.2. The molecule has 12 heteroatoms. The average Bonchev–Trinajstić information content (AvgIpc) is 3.08. The minimum atomic E-state index is -1.30. The summed E-state index contributed by atoms with van der Waals surface area (Å²) >= 11 is 0. The molecule has 11 nitrogen and oxygen atoms in total. The lowest BCUT2D eigenvalue weighted by molar-refractivity contribution is -0.133. The van der Waals surface area contributed by atoms with E-state index in [0.717, 1.165) is 11.1 Å². The van der Waals surface area contributed by atoms with Gasteiger partial charge in [-0.05, 0) is 60.6 Å². The van der Waals surface area contributed by atoms with Gasteiger partial charge in [0.1, 0.15) is 29.7 Å². The molecule has 5 amide bonds. The Hall–Kier alpha value is -5.26. The summed E-state index contributed by atoms with van der Waals surface area (Å²) in [7, 11) is 0. The quantitative estimate of drug-likeness (QED) is 0.248. The van der Waals surface area contributed by atoms with E-state index in [9.17, 15) is 28.4 Å². The van der Waals surface area contributed by atoms with Gasteiger partial charge in [0, 0.05) is 19.5 Å². The number of carbonyl (C=O) groups excluding carboxylic acids is 5. The molecule has 0 saturated carbocycles. The zero-order valence-corrected chi connectivity index (χ0v) is 27.8. The van der Waals surface area contributed by atoms with Crippen molar-refractivity contribution in [3.8, 4) is 5.75 Å². The van der Waals surface area contributed by atoms with Gasteiger partial charge in [0.2, 0.25) is 23.6 Å². The molecule has 0 spiro atoms. The number of para-hydroxylation sites is 1. The summed E-state index contributed by atoms with van der Waals surface area (Å²) in [6.45, 7) is 4.39. The van der Waals surface area contributed by atoms with E-state index in [0.29, 0.717) is 12.8 Å². The Bertz CT molecular complexity index is 1580. The van der Waals surface area contributed by atoms with E-state index in [4.69, 9.17) is 4.74 Å². The normalized spacial score (nSPS) is 19.6. The van der Waals surface area contributed by atoms with Crippen LogP contribution in [0.3, 0.4) is 0 Å². The van der Waals surface area contributed by atoms with Gasteiger partial charge in [-0.15, -0.1) is 0 Å². The highest BCUT2D eigenvalue weighted by molar-refractivity contribution is 6.01. The molecule has 0 fully saturated rings. The van der Waals surface area contributed by atoms with Crippen LogP contribution in [0.1, 0.15) is 54.6 Å². The fourth-order valence-electron chi connectivity index (χ4n) is 5.39. The predicted molar refractivity (Wildman–Crippen MR) is 182 cm³/mol. The monoisotopic (exact) mass is 673 g/mol. The average molecular weight is 674 g/mol. The molecule has 5 N–H and O–H groups in total. The second kappa shape index (κ2) is 18.3. The van der Waals surface area contributed by atoms with Crippen LogP contribution in [0.4, 0.5) is 4.39 Å². The Morgan fingerprint density at radius 1 is 0.857 bits per heavy atom. The number of halogens is 1. The van der Waals surface area contributed by atoms with Gasteiger partial charge < -0.3 is 31.3 Å². The van der Waals surface area contributed by atoms with Gasteiger partial charge in [-0.1, -0.05) is 68.4 Å². The molecule has 0 bridgehead atoms. The number of rotatable bonds is 8. The van der Waals surface area contributed by atoms with E-state index < -0.39 is 48.2 Å². The molecule has 3 atom stereocenters. The first-order chi connectivity index (χ1) is 23.6. The number of carbonyl (C=O) groups is 5. The van der Waals surface area contributed by atoms with Gasteiger partial charge in [0.25, 0.3) is 5.91 Å². The third-order valence-corrected chi connectivity index (χ3v) is 7.92. The van der Waals surface area contributed by atoms with Crippen molar-refractivity contribution in [3.63, 3.8) is 0 Å². The Labute approximate surface area is 285 Å². The topological polar surface area (TPSA) is 155 Å². The zero-order chi connectivity index (χ0) is 35.2. The van der Waals surface area contributed by atoms with Gasteiger partial charge in [0.05, 0.1) is 18.6 Å². The Morgan fingerprint density at radius 3 is 2.31 bits per heavy atom. The number of fused-ring (bicyclic) bond motifs is 1. The van der Waals surface area contributed by atoms with Crippen LogP contribution in [-0.2, 0) is 32.0 Å². The minimum absolute atomic E-state index is 0.00271. The predicted octanol–water partition coefficient (Wildman–Crippen LogP) is 2.83. The smallest absolute Gasteiger partial charge is 0.255 e. The summed E-state index contributed by atoms with van der Waals surface area (Å²) in [5.41, 5.74) is 1.80. The molecule has 3 aromatic rings. The first-order valence-corrected chi connectivity index (χ1v) is 16.5. The van der Waals surface area contributed by atoms with Gasteiger partial charge in [-0.2, -0.15) is 0 Å². The maximum absolute atomic E-state index is 13.6. The number of ether oxygens (including phenoxy) is 1. The maximum atomic E-state index is 13.6. The van der Waals surface area contributed by atoms with Crippen molar-refractivity contribution in [1.82, 2.24) is 26.6 Å². The number of hydrogen-bond acceptors (Lipinski definition) is 6. The summed E-state index contributed by atoms with van der Waals surface area (Å²) in [5, 5.41) is 13.8. The third kappa shape index (κ3) is 11.7. The molecular weight excluding hydrogens is 629 g/mol. The van der Waals surface area contributed by atoms with Crippen LogP contribution < -0.4 is 31.3 Å². The Kier molecular flexibility index (Phi) is 13.7. The number of amides is 5. The lowest BCUT2D eigenvalue weighted by Gasteiger charge is -2.25. The minimum Gasteiger partial charge on any atom is -0.493 e. The van der Waals surface area contributed by atoms with Crippen LogP contribution in [-0.4, -0.2) is 67.4 Å². The molecule has 1 heterocycles. The summed E-state index contributed by atoms with van der Waals surface area (Å²) in [5.74, 6) is -2.90. The van der Waals surface area contributed by atoms with Crippen molar-refractivity contribution in [3.05, 3.63) is 101 Å². The molecule has 0 saturated heterocycles. The van der Waals surface area contributed by atoms with Crippen molar-refractivity contribution in [2.75, 3.05) is 19.7 Å². The van der Waals surface area contributed by atoms with E-state index in [1.54, 1.807) is 36.4 Å². The molecular formula is C37H44FN5O6. The van der Waals surface area contributed by atoms with E-state index >= 15 is 0 Å². The number of hydrogen-bond donors (Lipinski definition) is 5. The van der Waals surface area contributed by atoms with E-state index in [-0.39, 0.29) is 61.5 Å². The third-order valence-electron chi connectivity index (χ3n) is 7.92. The lowest BCUT2D eigenvalue weighted by Crippen LogP contribution is -2.56. The van der Waals surface area contributed by atoms with Crippen molar-refractivity contribution in [2.45, 2.75) is 64.1 Å². The van der Waals surface area contributed by atoms with Crippen LogP contribution in [0.15, 0.2) is 78.9 Å². The van der Waals surface area contributed by atoms with E-state index in [2.05, 4.69) is 26.6 Å². The van der Waals surface area contributed by atoms with Crippen LogP contribution in [0.5, 0.6) is 5.75 Å². The van der Waals surface area contributed by atoms with Crippen molar-refractivity contribution in [1.29, 1.82) is 0 Å². The maximum Gasteiger partial charge on any atom is 0.255 e.